The van der Waals surface area contributed by atoms with E-state index in [4.69, 9.17) is 4.74 Å². The van der Waals surface area contributed by atoms with Crippen LogP contribution in [0.2, 0.25) is 0 Å². The third-order valence-electron chi connectivity index (χ3n) is 2.89. The zero-order valence-electron chi connectivity index (χ0n) is 12.0. The summed E-state index contributed by atoms with van der Waals surface area (Å²) in [5.74, 6) is 1.66. The Labute approximate surface area is 120 Å². The lowest BCUT2D eigenvalue weighted by atomic mass is 10.1. The Balaban J connectivity index is 2.67. The van der Waals surface area contributed by atoms with Gasteiger partial charge in [-0.25, -0.2) is 4.39 Å². The molecule has 0 fully saturated rings. The molecule has 1 atom stereocenters. The van der Waals surface area contributed by atoms with Gasteiger partial charge in [-0.1, -0.05) is 6.92 Å². The summed E-state index contributed by atoms with van der Waals surface area (Å²) in [6.07, 6.45) is 4.15. The van der Waals surface area contributed by atoms with Gasteiger partial charge in [0, 0.05) is 11.6 Å². The predicted octanol–water partition coefficient (Wildman–Crippen LogP) is 4.02. The lowest BCUT2D eigenvalue weighted by Gasteiger charge is -2.18. The molecule has 0 radical (unpaired) electrons. The van der Waals surface area contributed by atoms with Crippen LogP contribution < -0.4 is 10.1 Å². The highest BCUT2D eigenvalue weighted by atomic mass is 32.2. The molecule has 0 amide bonds. The second kappa shape index (κ2) is 9.21. The molecule has 0 aromatic heterocycles. The lowest BCUT2D eigenvalue weighted by Crippen LogP contribution is -2.20. The molecule has 0 saturated carbocycles. The van der Waals surface area contributed by atoms with Crippen molar-refractivity contribution in [2.75, 3.05) is 25.2 Å². The number of hydrogen-bond acceptors (Lipinski definition) is 3. The fourth-order valence-electron chi connectivity index (χ4n) is 1.85. The minimum absolute atomic E-state index is 0.103. The molecule has 1 aromatic carbocycles. The zero-order chi connectivity index (χ0) is 14.1. The Bertz CT molecular complexity index is 373. The maximum atomic E-state index is 13.4. The van der Waals surface area contributed by atoms with E-state index in [1.54, 1.807) is 12.1 Å². The Morgan fingerprint density at radius 1 is 1.42 bits per heavy atom. The largest absolute Gasteiger partial charge is 0.493 e. The van der Waals surface area contributed by atoms with Crippen LogP contribution in [0.4, 0.5) is 4.39 Å². The maximum absolute atomic E-state index is 13.4. The molecule has 4 heteroatoms. The van der Waals surface area contributed by atoms with Gasteiger partial charge in [0.05, 0.1) is 6.61 Å². The number of benzene rings is 1. The molecule has 108 valence electrons. The zero-order valence-corrected chi connectivity index (χ0v) is 12.9. The van der Waals surface area contributed by atoms with Crippen LogP contribution in [0.15, 0.2) is 18.2 Å². The van der Waals surface area contributed by atoms with E-state index >= 15 is 0 Å². The van der Waals surface area contributed by atoms with E-state index in [1.807, 2.05) is 18.7 Å². The van der Waals surface area contributed by atoms with E-state index in [0.717, 1.165) is 36.5 Å². The van der Waals surface area contributed by atoms with Crippen LogP contribution >= 0.6 is 11.8 Å². The molecular weight excluding hydrogens is 261 g/mol. The summed E-state index contributed by atoms with van der Waals surface area (Å²) in [4.78, 5) is 0. The fraction of sp³-hybridized carbons (Fsp3) is 0.600. The van der Waals surface area contributed by atoms with Crippen molar-refractivity contribution in [2.45, 2.75) is 32.7 Å². The summed E-state index contributed by atoms with van der Waals surface area (Å²) in [7, 11) is 0. The molecule has 0 heterocycles. The SMILES string of the molecule is CCCNC(C)c1cc(F)ccc1OCCCSC. The number of halogens is 1. The quantitative estimate of drug-likeness (QED) is 0.692. The van der Waals surface area contributed by atoms with Gasteiger partial charge in [0.15, 0.2) is 0 Å². The Kier molecular flexibility index (Phi) is 7.91. The maximum Gasteiger partial charge on any atom is 0.124 e. The van der Waals surface area contributed by atoms with Crippen molar-refractivity contribution in [2.24, 2.45) is 0 Å². The van der Waals surface area contributed by atoms with E-state index in [9.17, 15) is 4.39 Å². The highest BCUT2D eigenvalue weighted by Gasteiger charge is 2.12. The first kappa shape index (κ1) is 16.3. The van der Waals surface area contributed by atoms with E-state index in [0.29, 0.717) is 6.61 Å². The summed E-state index contributed by atoms with van der Waals surface area (Å²) in [6, 6.07) is 4.86. The third-order valence-corrected chi connectivity index (χ3v) is 3.59. The first-order chi connectivity index (χ1) is 9.19. The van der Waals surface area contributed by atoms with Crippen molar-refractivity contribution in [1.82, 2.24) is 5.32 Å². The van der Waals surface area contributed by atoms with Gasteiger partial charge in [-0.2, -0.15) is 11.8 Å². The van der Waals surface area contributed by atoms with Gasteiger partial charge < -0.3 is 10.1 Å². The predicted molar refractivity (Wildman–Crippen MR) is 81.6 cm³/mol. The molecule has 0 aliphatic carbocycles. The lowest BCUT2D eigenvalue weighted by molar-refractivity contribution is 0.311. The van der Waals surface area contributed by atoms with E-state index in [-0.39, 0.29) is 11.9 Å². The van der Waals surface area contributed by atoms with Crippen LogP contribution in [0.1, 0.15) is 38.3 Å². The molecule has 0 aliphatic rings. The van der Waals surface area contributed by atoms with Crippen LogP contribution in [0.3, 0.4) is 0 Å². The first-order valence-electron chi connectivity index (χ1n) is 6.83. The van der Waals surface area contributed by atoms with E-state index in [1.165, 1.54) is 6.07 Å². The highest BCUT2D eigenvalue weighted by Crippen LogP contribution is 2.26. The van der Waals surface area contributed by atoms with Gasteiger partial charge >= 0.3 is 0 Å². The Morgan fingerprint density at radius 2 is 2.21 bits per heavy atom. The molecule has 1 aromatic rings. The third kappa shape index (κ3) is 5.83. The van der Waals surface area contributed by atoms with E-state index in [2.05, 4.69) is 18.5 Å². The van der Waals surface area contributed by atoms with Crippen LogP contribution in [0.5, 0.6) is 5.75 Å². The second-order valence-electron chi connectivity index (χ2n) is 4.55. The average molecular weight is 285 g/mol. The standard InChI is InChI=1S/C15H24FNOS/c1-4-8-17-12(2)14-11-13(16)6-7-15(14)18-9-5-10-19-3/h6-7,11-12,17H,4-5,8-10H2,1-3H3. The minimum atomic E-state index is -0.211. The topological polar surface area (TPSA) is 21.3 Å². The minimum Gasteiger partial charge on any atom is -0.493 e. The molecule has 1 N–H and O–H groups in total. The van der Waals surface area contributed by atoms with Gasteiger partial charge in [-0.05, 0) is 56.5 Å². The molecule has 2 nitrogen and oxygen atoms in total. The van der Waals surface area contributed by atoms with Crippen molar-refractivity contribution in [3.63, 3.8) is 0 Å². The van der Waals surface area contributed by atoms with Gasteiger partial charge in [-0.3, -0.25) is 0 Å². The van der Waals surface area contributed by atoms with Crippen molar-refractivity contribution in [3.8, 4) is 5.75 Å². The molecule has 0 spiro atoms. The number of thioether (sulfide) groups is 1. The summed E-state index contributed by atoms with van der Waals surface area (Å²) >= 11 is 1.81. The molecule has 19 heavy (non-hydrogen) atoms. The summed E-state index contributed by atoms with van der Waals surface area (Å²) in [5, 5.41) is 3.37. The Hall–Kier alpha value is -0.740. The molecule has 0 saturated heterocycles. The number of ether oxygens (including phenoxy) is 1. The molecule has 1 rings (SSSR count). The normalized spacial score (nSPS) is 12.4. The van der Waals surface area contributed by atoms with Crippen LogP contribution in [-0.2, 0) is 0 Å². The number of nitrogens with one attached hydrogen (secondary N) is 1. The highest BCUT2D eigenvalue weighted by molar-refractivity contribution is 7.98. The summed E-state index contributed by atoms with van der Waals surface area (Å²) < 4.78 is 19.2. The fourth-order valence-corrected chi connectivity index (χ4v) is 2.25. The second-order valence-corrected chi connectivity index (χ2v) is 5.54. The van der Waals surface area contributed by atoms with Crippen molar-refractivity contribution in [1.29, 1.82) is 0 Å². The van der Waals surface area contributed by atoms with Gasteiger partial charge in [0.2, 0.25) is 0 Å². The number of hydrogen-bond donors (Lipinski definition) is 1. The molecule has 0 aliphatic heterocycles. The number of rotatable bonds is 9. The summed E-state index contributed by atoms with van der Waals surface area (Å²) in [5.41, 5.74) is 0.901. The van der Waals surface area contributed by atoms with Gasteiger partial charge in [0.1, 0.15) is 11.6 Å². The molecule has 0 bridgehead atoms. The molecular formula is C15H24FNOS. The van der Waals surface area contributed by atoms with Crippen molar-refractivity contribution < 1.29 is 9.13 Å². The van der Waals surface area contributed by atoms with Crippen LogP contribution in [-0.4, -0.2) is 25.2 Å². The average Bonchev–Trinajstić information content (AvgIpc) is 2.42. The molecule has 1 unspecified atom stereocenters. The first-order valence-corrected chi connectivity index (χ1v) is 8.23. The van der Waals surface area contributed by atoms with Gasteiger partial charge in [0.25, 0.3) is 0 Å². The Morgan fingerprint density at radius 3 is 2.89 bits per heavy atom. The van der Waals surface area contributed by atoms with Crippen molar-refractivity contribution >= 4 is 11.8 Å². The van der Waals surface area contributed by atoms with E-state index < -0.39 is 0 Å². The summed E-state index contributed by atoms with van der Waals surface area (Å²) in [6.45, 7) is 5.76. The van der Waals surface area contributed by atoms with Crippen molar-refractivity contribution in [3.05, 3.63) is 29.6 Å². The monoisotopic (exact) mass is 285 g/mol. The van der Waals surface area contributed by atoms with Gasteiger partial charge in [-0.15, -0.1) is 0 Å². The smallest absolute Gasteiger partial charge is 0.124 e. The van der Waals surface area contributed by atoms with Crippen LogP contribution in [0.25, 0.3) is 0 Å². The van der Waals surface area contributed by atoms with Crippen LogP contribution in [0, 0.1) is 5.82 Å².